The summed E-state index contributed by atoms with van der Waals surface area (Å²) in [7, 11) is 1.57. The lowest BCUT2D eigenvalue weighted by molar-refractivity contribution is -0.135. The smallest absolute Gasteiger partial charge is 0.311 e. The number of methoxy groups -OCH3 is 1. The number of rotatable bonds is 13. The largest absolute Gasteiger partial charge is 0.497 e. The van der Waals surface area contributed by atoms with Crippen LogP contribution >= 0.6 is 0 Å². The van der Waals surface area contributed by atoms with Crippen LogP contribution in [0.3, 0.4) is 0 Å². The van der Waals surface area contributed by atoms with E-state index in [1.807, 2.05) is 30.3 Å². The van der Waals surface area contributed by atoms with Crippen LogP contribution in [0.1, 0.15) is 44.9 Å². The van der Waals surface area contributed by atoms with E-state index in [1.165, 1.54) is 12.1 Å². The molecule has 0 aliphatic rings. The summed E-state index contributed by atoms with van der Waals surface area (Å²) >= 11 is 0. The highest BCUT2D eigenvalue weighted by Crippen LogP contribution is 2.29. The molecule has 0 saturated carbocycles. The van der Waals surface area contributed by atoms with Crippen LogP contribution in [0.25, 0.3) is 22.3 Å². The fraction of sp³-hybridized carbons (Fsp3) is 0.235. The van der Waals surface area contributed by atoms with Crippen LogP contribution in [-0.2, 0) is 9.59 Å². The Balaban J connectivity index is 1.10. The van der Waals surface area contributed by atoms with Gasteiger partial charge in [-0.1, -0.05) is 61.7 Å². The fourth-order valence-electron chi connectivity index (χ4n) is 4.41. The van der Waals surface area contributed by atoms with Crippen LogP contribution < -0.4 is 14.2 Å². The van der Waals surface area contributed by atoms with Gasteiger partial charge in [0.2, 0.25) is 0 Å². The summed E-state index contributed by atoms with van der Waals surface area (Å²) in [5.41, 5.74) is 2.30. The normalized spacial score (nSPS) is 10.7. The SMILES string of the molecule is COc1ccc(-c2ccc(OC(=O)CCCCCCCC(=O)Oc3ccc(-c4ccccc4)c(F)c3)cc2F)cc1. The maximum Gasteiger partial charge on any atom is 0.311 e. The molecule has 212 valence electrons. The van der Waals surface area contributed by atoms with Crippen molar-refractivity contribution in [1.29, 1.82) is 0 Å². The van der Waals surface area contributed by atoms with Gasteiger partial charge in [0.15, 0.2) is 0 Å². The molecule has 0 aliphatic heterocycles. The van der Waals surface area contributed by atoms with Gasteiger partial charge in [0.05, 0.1) is 7.11 Å². The zero-order valence-electron chi connectivity index (χ0n) is 22.9. The topological polar surface area (TPSA) is 61.8 Å². The van der Waals surface area contributed by atoms with E-state index in [2.05, 4.69) is 0 Å². The van der Waals surface area contributed by atoms with Gasteiger partial charge in [0.25, 0.3) is 0 Å². The lowest BCUT2D eigenvalue weighted by Gasteiger charge is -2.09. The van der Waals surface area contributed by atoms with Gasteiger partial charge in [-0.05, 0) is 60.4 Å². The molecule has 0 aliphatic carbocycles. The molecule has 0 aromatic heterocycles. The van der Waals surface area contributed by atoms with Crippen molar-refractivity contribution in [2.24, 2.45) is 0 Å². The summed E-state index contributed by atoms with van der Waals surface area (Å²) in [5.74, 6) is -0.731. The highest BCUT2D eigenvalue weighted by atomic mass is 19.1. The molecule has 0 fully saturated rings. The summed E-state index contributed by atoms with van der Waals surface area (Å²) in [6.07, 6.45) is 4.13. The van der Waals surface area contributed by atoms with Gasteiger partial charge >= 0.3 is 11.9 Å². The first-order valence-electron chi connectivity index (χ1n) is 13.6. The van der Waals surface area contributed by atoms with Crippen LogP contribution in [-0.4, -0.2) is 19.0 Å². The van der Waals surface area contributed by atoms with Crippen molar-refractivity contribution in [3.05, 3.63) is 103 Å². The second-order valence-electron chi connectivity index (χ2n) is 9.59. The van der Waals surface area contributed by atoms with Crippen LogP contribution in [0.2, 0.25) is 0 Å². The second-order valence-corrected chi connectivity index (χ2v) is 9.59. The van der Waals surface area contributed by atoms with E-state index in [0.717, 1.165) is 24.8 Å². The Morgan fingerprint density at radius 1 is 0.561 bits per heavy atom. The van der Waals surface area contributed by atoms with Gasteiger partial charge in [-0.25, -0.2) is 8.78 Å². The Bertz CT molecular complexity index is 1450. The first kappa shape index (κ1) is 29.5. The number of hydrogen-bond donors (Lipinski definition) is 0. The quantitative estimate of drug-likeness (QED) is 0.0935. The summed E-state index contributed by atoms with van der Waals surface area (Å²) < 4.78 is 44.8. The van der Waals surface area contributed by atoms with E-state index in [1.54, 1.807) is 55.6 Å². The van der Waals surface area contributed by atoms with E-state index >= 15 is 0 Å². The van der Waals surface area contributed by atoms with Crippen molar-refractivity contribution >= 4 is 11.9 Å². The number of hydrogen-bond acceptors (Lipinski definition) is 5. The number of carbonyl (C=O) groups is 2. The third-order valence-corrected chi connectivity index (χ3v) is 6.59. The van der Waals surface area contributed by atoms with Crippen LogP contribution in [0.15, 0.2) is 91.0 Å². The minimum atomic E-state index is -0.478. The maximum atomic E-state index is 14.6. The predicted molar refractivity (Wildman–Crippen MR) is 154 cm³/mol. The molecule has 0 N–H and O–H groups in total. The molecular weight excluding hydrogens is 526 g/mol. The molecule has 0 spiro atoms. The van der Waals surface area contributed by atoms with Crippen molar-refractivity contribution < 1.29 is 32.6 Å². The molecule has 5 nitrogen and oxygen atoms in total. The molecule has 4 rings (SSSR count). The molecule has 0 atom stereocenters. The Hall–Kier alpha value is -4.52. The summed E-state index contributed by atoms with van der Waals surface area (Å²) in [6, 6.07) is 25.0. The summed E-state index contributed by atoms with van der Waals surface area (Å²) in [5, 5.41) is 0. The number of benzene rings is 4. The zero-order chi connectivity index (χ0) is 29.0. The molecule has 4 aromatic carbocycles. The van der Waals surface area contributed by atoms with Crippen molar-refractivity contribution in [3.8, 4) is 39.5 Å². The minimum Gasteiger partial charge on any atom is -0.497 e. The number of unbranched alkanes of at least 4 members (excludes halogenated alkanes) is 4. The Morgan fingerprint density at radius 2 is 1.00 bits per heavy atom. The molecule has 4 aromatic rings. The highest BCUT2D eigenvalue weighted by Gasteiger charge is 2.12. The number of halogens is 2. The van der Waals surface area contributed by atoms with Gasteiger partial charge in [-0.3, -0.25) is 9.59 Å². The standard InChI is InChI=1S/C34H32F2O5/c1-39-26-16-14-25(15-17-26)30-21-19-28(23-32(30)36)41-34(38)13-9-4-2-3-8-12-33(37)40-27-18-20-29(31(35)22-27)24-10-6-5-7-11-24/h5-7,10-11,14-23H,2-4,8-9,12-13H2,1H3. The van der Waals surface area contributed by atoms with Gasteiger partial charge in [0.1, 0.15) is 28.9 Å². The molecule has 0 unspecified atom stereocenters. The number of esters is 2. The lowest BCUT2D eigenvalue weighted by Crippen LogP contribution is -2.08. The van der Waals surface area contributed by atoms with Gasteiger partial charge in [-0.2, -0.15) is 0 Å². The molecular formula is C34H32F2O5. The van der Waals surface area contributed by atoms with Crippen LogP contribution in [0.5, 0.6) is 17.2 Å². The minimum absolute atomic E-state index is 0.165. The molecule has 0 bridgehead atoms. The maximum absolute atomic E-state index is 14.6. The lowest BCUT2D eigenvalue weighted by atomic mass is 10.0. The zero-order valence-corrected chi connectivity index (χ0v) is 22.9. The van der Waals surface area contributed by atoms with Gasteiger partial charge in [-0.15, -0.1) is 0 Å². The third-order valence-electron chi connectivity index (χ3n) is 6.59. The molecule has 41 heavy (non-hydrogen) atoms. The molecule has 7 heteroatoms. The molecule has 0 heterocycles. The van der Waals surface area contributed by atoms with E-state index in [0.29, 0.717) is 35.3 Å². The van der Waals surface area contributed by atoms with E-state index in [9.17, 15) is 18.4 Å². The van der Waals surface area contributed by atoms with Gasteiger partial charge < -0.3 is 14.2 Å². The fourth-order valence-corrected chi connectivity index (χ4v) is 4.41. The Labute approximate surface area is 238 Å². The van der Waals surface area contributed by atoms with E-state index in [-0.39, 0.29) is 24.3 Å². The first-order valence-corrected chi connectivity index (χ1v) is 13.6. The summed E-state index contributed by atoms with van der Waals surface area (Å²) in [6.45, 7) is 0. The third kappa shape index (κ3) is 8.73. The van der Waals surface area contributed by atoms with Gasteiger partial charge in [0, 0.05) is 36.1 Å². The van der Waals surface area contributed by atoms with Crippen LogP contribution in [0, 0.1) is 11.6 Å². The molecule has 0 radical (unpaired) electrons. The Kier molecular flexibility index (Phi) is 10.6. The Morgan fingerprint density at radius 3 is 1.46 bits per heavy atom. The first-order chi connectivity index (χ1) is 19.9. The van der Waals surface area contributed by atoms with Crippen molar-refractivity contribution in [2.75, 3.05) is 7.11 Å². The van der Waals surface area contributed by atoms with E-state index < -0.39 is 23.6 Å². The molecule has 0 saturated heterocycles. The summed E-state index contributed by atoms with van der Waals surface area (Å²) in [4.78, 5) is 24.3. The second kappa shape index (κ2) is 14.7. The average Bonchev–Trinajstić information content (AvgIpc) is 2.97. The predicted octanol–water partition coefficient (Wildman–Crippen LogP) is 8.55. The van der Waals surface area contributed by atoms with Crippen molar-refractivity contribution in [3.63, 3.8) is 0 Å². The van der Waals surface area contributed by atoms with E-state index in [4.69, 9.17) is 14.2 Å². The highest BCUT2D eigenvalue weighted by molar-refractivity contribution is 5.74. The number of carbonyl (C=O) groups excluding carboxylic acids is 2. The van der Waals surface area contributed by atoms with Crippen molar-refractivity contribution in [1.82, 2.24) is 0 Å². The molecule has 0 amide bonds. The average molecular weight is 559 g/mol. The number of ether oxygens (including phenoxy) is 3. The monoisotopic (exact) mass is 558 g/mol. The van der Waals surface area contributed by atoms with Crippen LogP contribution in [0.4, 0.5) is 8.78 Å². The van der Waals surface area contributed by atoms with Crippen molar-refractivity contribution in [2.45, 2.75) is 44.9 Å².